The van der Waals surface area contributed by atoms with E-state index in [2.05, 4.69) is 9.97 Å². The Morgan fingerprint density at radius 3 is 3.05 bits per heavy atom. The molecule has 2 aromatic rings. The number of amides is 1. The molecule has 0 saturated carbocycles. The number of aromatic amines is 1. The molecule has 6 nitrogen and oxygen atoms in total. The maximum Gasteiger partial charge on any atom is 0.325 e. The SMILES string of the molecule is CCOC(=O)CN1CCc2ccc(-c3cnc[nH]3)cc2C1=O. The highest BCUT2D eigenvalue weighted by Gasteiger charge is 2.26. The second kappa shape index (κ2) is 6.01. The number of carbonyl (C=O) groups is 2. The van der Waals surface area contributed by atoms with Crippen LogP contribution >= 0.6 is 0 Å². The highest BCUT2D eigenvalue weighted by molar-refractivity contribution is 5.99. The van der Waals surface area contributed by atoms with Gasteiger partial charge in [0.05, 0.1) is 24.8 Å². The van der Waals surface area contributed by atoms with E-state index in [0.717, 1.165) is 23.2 Å². The van der Waals surface area contributed by atoms with Gasteiger partial charge in [0.1, 0.15) is 6.54 Å². The summed E-state index contributed by atoms with van der Waals surface area (Å²) >= 11 is 0. The lowest BCUT2D eigenvalue weighted by Crippen LogP contribution is -2.41. The van der Waals surface area contributed by atoms with Crippen molar-refractivity contribution in [3.63, 3.8) is 0 Å². The minimum atomic E-state index is -0.371. The van der Waals surface area contributed by atoms with E-state index in [1.807, 2.05) is 18.2 Å². The summed E-state index contributed by atoms with van der Waals surface area (Å²) in [6.07, 6.45) is 4.05. The van der Waals surface area contributed by atoms with Crippen LogP contribution in [0.1, 0.15) is 22.8 Å². The van der Waals surface area contributed by atoms with Crippen LogP contribution in [-0.4, -0.2) is 46.4 Å². The Bertz CT molecular complexity index is 695. The molecule has 6 heteroatoms. The Labute approximate surface area is 128 Å². The summed E-state index contributed by atoms with van der Waals surface area (Å²) in [6.45, 7) is 2.61. The quantitative estimate of drug-likeness (QED) is 0.871. The predicted octanol–water partition coefficient (Wildman–Crippen LogP) is 1.64. The molecular formula is C16H17N3O3. The third kappa shape index (κ3) is 2.72. The standard InChI is InChI=1S/C16H17N3O3/c1-2-22-15(20)9-19-6-5-11-3-4-12(7-13(11)16(19)21)14-8-17-10-18-14/h3-4,7-8,10H,2,5-6,9H2,1H3,(H,17,18). The third-order valence-corrected chi connectivity index (χ3v) is 3.71. The predicted molar refractivity (Wildman–Crippen MR) is 80.3 cm³/mol. The number of H-pyrrole nitrogens is 1. The lowest BCUT2D eigenvalue weighted by atomic mass is 9.96. The topological polar surface area (TPSA) is 75.3 Å². The lowest BCUT2D eigenvalue weighted by Gasteiger charge is -2.28. The molecule has 0 bridgehead atoms. The minimum Gasteiger partial charge on any atom is -0.465 e. The van der Waals surface area contributed by atoms with Crippen LogP contribution in [0.25, 0.3) is 11.3 Å². The van der Waals surface area contributed by atoms with Crippen molar-refractivity contribution in [2.75, 3.05) is 19.7 Å². The van der Waals surface area contributed by atoms with E-state index in [-0.39, 0.29) is 18.4 Å². The number of carbonyl (C=O) groups excluding carboxylic acids is 2. The van der Waals surface area contributed by atoms with Crippen molar-refractivity contribution in [1.82, 2.24) is 14.9 Å². The summed E-state index contributed by atoms with van der Waals surface area (Å²) in [4.78, 5) is 32.7. The first-order valence-electron chi connectivity index (χ1n) is 7.25. The molecule has 3 rings (SSSR count). The van der Waals surface area contributed by atoms with Gasteiger partial charge < -0.3 is 14.6 Å². The van der Waals surface area contributed by atoms with Gasteiger partial charge in [0.25, 0.3) is 5.91 Å². The molecule has 0 aliphatic carbocycles. The van der Waals surface area contributed by atoms with Gasteiger partial charge in [-0.25, -0.2) is 4.98 Å². The average molecular weight is 299 g/mol. The molecule has 0 saturated heterocycles. The normalized spacial score (nSPS) is 13.9. The molecule has 1 aliphatic heterocycles. The third-order valence-electron chi connectivity index (χ3n) is 3.71. The van der Waals surface area contributed by atoms with Gasteiger partial charge in [0.2, 0.25) is 0 Å². The number of rotatable bonds is 4. The van der Waals surface area contributed by atoms with Gasteiger partial charge in [-0.3, -0.25) is 9.59 Å². The fraction of sp³-hybridized carbons (Fsp3) is 0.312. The molecule has 114 valence electrons. The number of nitrogens with zero attached hydrogens (tertiary/aromatic N) is 2. The largest absolute Gasteiger partial charge is 0.465 e. The molecular weight excluding hydrogens is 282 g/mol. The molecule has 1 N–H and O–H groups in total. The highest BCUT2D eigenvalue weighted by atomic mass is 16.5. The van der Waals surface area contributed by atoms with Gasteiger partial charge in [-0.15, -0.1) is 0 Å². The number of aromatic nitrogens is 2. The molecule has 22 heavy (non-hydrogen) atoms. The summed E-state index contributed by atoms with van der Waals surface area (Å²) in [5.41, 5.74) is 3.41. The lowest BCUT2D eigenvalue weighted by molar-refractivity contribution is -0.143. The van der Waals surface area contributed by atoms with Gasteiger partial charge >= 0.3 is 5.97 Å². The van der Waals surface area contributed by atoms with Gasteiger partial charge in [0, 0.05) is 17.7 Å². The van der Waals surface area contributed by atoms with Crippen molar-refractivity contribution in [1.29, 1.82) is 0 Å². The number of hydrogen-bond donors (Lipinski definition) is 1. The molecule has 1 aliphatic rings. The van der Waals surface area contributed by atoms with Crippen LogP contribution in [0.4, 0.5) is 0 Å². The van der Waals surface area contributed by atoms with E-state index in [4.69, 9.17) is 4.74 Å². The summed E-state index contributed by atoms with van der Waals surface area (Å²) in [6, 6.07) is 5.79. The van der Waals surface area contributed by atoms with Crippen molar-refractivity contribution in [2.24, 2.45) is 0 Å². The first kappa shape index (κ1) is 14.3. The first-order valence-corrected chi connectivity index (χ1v) is 7.25. The second-order valence-electron chi connectivity index (χ2n) is 5.12. The maximum absolute atomic E-state index is 12.6. The fourth-order valence-electron chi connectivity index (χ4n) is 2.62. The summed E-state index contributed by atoms with van der Waals surface area (Å²) in [5.74, 6) is -0.500. The molecule has 1 amide bonds. The average Bonchev–Trinajstić information content (AvgIpc) is 3.04. The van der Waals surface area contributed by atoms with Gasteiger partial charge in [-0.1, -0.05) is 12.1 Å². The smallest absolute Gasteiger partial charge is 0.325 e. The molecule has 1 aromatic carbocycles. The zero-order chi connectivity index (χ0) is 15.5. The first-order chi connectivity index (χ1) is 10.7. The molecule has 2 heterocycles. The Morgan fingerprint density at radius 2 is 2.32 bits per heavy atom. The number of fused-ring (bicyclic) bond motifs is 1. The Hall–Kier alpha value is -2.63. The van der Waals surface area contributed by atoms with Gasteiger partial charge in [-0.05, 0) is 25.0 Å². The van der Waals surface area contributed by atoms with E-state index in [0.29, 0.717) is 18.7 Å². The molecule has 0 spiro atoms. The summed E-state index contributed by atoms with van der Waals surface area (Å²) in [5, 5.41) is 0. The summed E-state index contributed by atoms with van der Waals surface area (Å²) < 4.78 is 4.92. The van der Waals surface area contributed by atoms with E-state index < -0.39 is 0 Å². The number of hydrogen-bond acceptors (Lipinski definition) is 4. The number of nitrogens with one attached hydrogen (secondary N) is 1. The number of imidazole rings is 1. The monoisotopic (exact) mass is 299 g/mol. The number of ether oxygens (including phenoxy) is 1. The van der Waals surface area contributed by atoms with E-state index >= 15 is 0 Å². The second-order valence-corrected chi connectivity index (χ2v) is 5.12. The van der Waals surface area contributed by atoms with Crippen LogP contribution in [0, 0.1) is 0 Å². The van der Waals surface area contributed by atoms with Crippen molar-refractivity contribution < 1.29 is 14.3 Å². The molecule has 0 atom stereocenters. The Balaban J connectivity index is 1.85. The van der Waals surface area contributed by atoms with Gasteiger partial charge in [-0.2, -0.15) is 0 Å². The van der Waals surface area contributed by atoms with Crippen LogP contribution in [0.3, 0.4) is 0 Å². The molecule has 0 radical (unpaired) electrons. The minimum absolute atomic E-state index is 0.000395. The van der Waals surface area contributed by atoms with E-state index in [1.165, 1.54) is 4.90 Å². The van der Waals surface area contributed by atoms with Gasteiger partial charge in [0.15, 0.2) is 0 Å². The van der Waals surface area contributed by atoms with E-state index in [1.54, 1.807) is 19.4 Å². The molecule has 0 unspecified atom stereocenters. The van der Waals surface area contributed by atoms with Crippen molar-refractivity contribution in [2.45, 2.75) is 13.3 Å². The van der Waals surface area contributed by atoms with Crippen LogP contribution in [-0.2, 0) is 16.0 Å². The van der Waals surface area contributed by atoms with Crippen LogP contribution in [0.15, 0.2) is 30.7 Å². The summed E-state index contributed by atoms with van der Waals surface area (Å²) in [7, 11) is 0. The number of benzene rings is 1. The van der Waals surface area contributed by atoms with Crippen molar-refractivity contribution in [3.05, 3.63) is 41.9 Å². The van der Waals surface area contributed by atoms with Crippen LogP contribution < -0.4 is 0 Å². The molecule has 1 aromatic heterocycles. The van der Waals surface area contributed by atoms with E-state index in [9.17, 15) is 9.59 Å². The van der Waals surface area contributed by atoms with Crippen LogP contribution in [0.2, 0.25) is 0 Å². The maximum atomic E-state index is 12.6. The zero-order valence-corrected chi connectivity index (χ0v) is 12.3. The number of esters is 1. The molecule has 0 fully saturated rings. The zero-order valence-electron chi connectivity index (χ0n) is 12.3. The fourth-order valence-corrected chi connectivity index (χ4v) is 2.62. The Kier molecular flexibility index (Phi) is 3.91. The van der Waals surface area contributed by atoms with Crippen LogP contribution in [0.5, 0.6) is 0 Å². The highest BCUT2D eigenvalue weighted by Crippen LogP contribution is 2.25. The van der Waals surface area contributed by atoms with Crippen molar-refractivity contribution in [3.8, 4) is 11.3 Å². The Morgan fingerprint density at radius 1 is 1.45 bits per heavy atom. The van der Waals surface area contributed by atoms with Crippen molar-refractivity contribution >= 4 is 11.9 Å².